The summed E-state index contributed by atoms with van der Waals surface area (Å²) < 4.78 is 25.5. The van der Waals surface area contributed by atoms with E-state index < -0.39 is 17.9 Å². The van der Waals surface area contributed by atoms with Crippen molar-refractivity contribution < 1.29 is 13.6 Å². The van der Waals surface area contributed by atoms with E-state index in [2.05, 4.69) is 5.32 Å². The van der Waals surface area contributed by atoms with E-state index >= 15 is 0 Å². The predicted molar refractivity (Wildman–Crippen MR) is 52.7 cm³/mol. The third-order valence-electron chi connectivity index (χ3n) is 2.02. The Morgan fingerprint density at radius 1 is 1.29 bits per heavy atom. The van der Waals surface area contributed by atoms with Crippen molar-refractivity contribution in [2.24, 2.45) is 5.41 Å². The Morgan fingerprint density at radius 3 is 1.93 bits per heavy atom. The van der Waals surface area contributed by atoms with Crippen LogP contribution in [0.2, 0.25) is 0 Å². The number of alkyl halides is 1. The summed E-state index contributed by atoms with van der Waals surface area (Å²) in [5.74, 6) is 0. The molecule has 0 bridgehead atoms. The minimum Gasteiger partial charge on any atom is -0.325 e. The third kappa shape index (κ3) is 5.89. The number of halogens is 2. The lowest BCUT2D eigenvalue weighted by Gasteiger charge is -2.33. The number of carbonyl (C=O) groups is 1. The van der Waals surface area contributed by atoms with Crippen LogP contribution in [0.25, 0.3) is 0 Å². The first-order valence-electron chi connectivity index (χ1n) is 4.67. The first-order valence-corrected chi connectivity index (χ1v) is 4.67. The smallest absolute Gasteiger partial charge is 0.325 e. The molecule has 0 spiro atoms. The molecule has 2 nitrogen and oxygen atoms in total. The zero-order valence-corrected chi connectivity index (χ0v) is 9.45. The van der Waals surface area contributed by atoms with E-state index in [-0.39, 0.29) is 11.8 Å². The minimum absolute atomic E-state index is 0.103. The number of hydrogen-bond donors (Lipinski definition) is 1. The highest BCUT2D eigenvalue weighted by Gasteiger charge is 2.32. The van der Waals surface area contributed by atoms with Crippen LogP contribution < -0.4 is 5.32 Å². The van der Waals surface area contributed by atoms with E-state index in [1.54, 1.807) is 0 Å². The lowest BCUT2D eigenvalue weighted by Crippen LogP contribution is -2.45. The summed E-state index contributed by atoms with van der Waals surface area (Å²) in [5, 5.41) is 2.13. The Hall–Kier alpha value is -0.670. The van der Waals surface area contributed by atoms with Crippen LogP contribution in [0.1, 0.15) is 41.0 Å². The normalized spacial score (nSPS) is 15.1. The predicted octanol–water partition coefficient (Wildman–Crippen LogP) is 3.22. The maximum atomic E-state index is 13.3. The van der Waals surface area contributed by atoms with E-state index in [1.807, 2.05) is 20.8 Å². The average Bonchev–Trinajstić information content (AvgIpc) is 1.78. The fourth-order valence-electron chi connectivity index (χ4n) is 1.20. The van der Waals surface area contributed by atoms with Gasteiger partial charge in [-0.2, -0.15) is 0 Å². The lowest BCUT2D eigenvalue weighted by atomic mass is 9.81. The molecule has 0 aromatic rings. The zero-order chi connectivity index (χ0) is 11.6. The highest BCUT2D eigenvalue weighted by Crippen LogP contribution is 2.28. The first kappa shape index (κ1) is 13.3. The van der Waals surface area contributed by atoms with Gasteiger partial charge in [0.05, 0.1) is 0 Å². The van der Waals surface area contributed by atoms with Gasteiger partial charge < -0.3 is 5.32 Å². The zero-order valence-electron chi connectivity index (χ0n) is 9.45. The maximum Gasteiger partial charge on any atom is 0.397 e. The van der Waals surface area contributed by atoms with Crippen molar-refractivity contribution in [3.8, 4) is 0 Å². The number of nitrogens with one attached hydrogen (secondary N) is 1. The topological polar surface area (TPSA) is 29.1 Å². The summed E-state index contributed by atoms with van der Waals surface area (Å²) in [7, 11) is 0. The van der Waals surface area contributed by atoms with Gasteiger partial charge in [-0.15, -0.1) is 4.39 Å². The molecule has 1 amide bonds. The molecule has 0 saturated carbocycles. The molecule has 0 aliphatic carbocycles. The van der Waals surface area contributed by atoms with Gasteiger partial charge in [0, 0.05) is 12.5 Å². The van der Waals surface area contributed by atoms with Gasteiger partial charge >= 0.3 is 6.16 Å². The number of hydrogen-bond acceptors (Lipinski definition) is 1. The molecule has 14 heavy (non-hydrogen) atoms. The van der Waals surface area contributed by atoms with E-state index in [0.717, 1.165) is 0 Å². The van der Waals surface area contributed by atoms with Gasteiger partial charge in [0.1, 0.15) is 5.67 Å². The van der Waals surface area contributed by atoms with Crippen LogP contribution in [0, 0.1) is 5.41 Å². The maximum absolute atomic E-state index is 13.3. The standard InChI is InChI=1S/C10H19F2NO/c1-9(2,3)7(13-8(11)14)6-10(4,5)12/h7H,6H2,1-5H3,(H,13,14). The number of amides is 1. The molecule has 4 heteroatoms. The van der Waals surface area contributed by atoms with Crippen molar-refractivity contribution in [1.82, 2.24) is 5.32 Å². The Morgan fingerprint density at radius 2 is 1.71 bits per heavy atom. The summed E-state index contributed by atoms with van der Waals surface area (Å²) in [6.07, 6.45) is -1.50. The van der Waals surface area contributed by atoms with Crippen LogP contribution in [0.15, 0.2) is 0 Å². The summed E-state index contributed by atoms with van der Waals surface area (Å²) in [6.45, 7) is 8.32. The van der Waals surface area contributed by atoms with Crippen LogP contribution >= 0.6 is 0 Å². The van der Waals surface area contributed by atoms with Crippen molar-refractivity contribution in [2.75, 3.05) is 0 Å². The largest absolute Gasteiger partial charge is 0.397 e. The molecule has 0 fully saturated rings. The fourth-order valence-corrected chi connectivity index (χ4v) is 1.20. The van der Waals surface area contributed by atoms with Gasteiger partial charge in [0.25, 0.3) is 0 Å². The molecule has 0 radical (unpaired) electrons. The molecule has 1 N–H and O–H groups in total. The second-order valence-electron chi connectivity index (χ2n) is 5.26. The molecule has 1 atom stereocenters. The Labute approximate surface area is 84.1 Å². The highest BCUT2D eigenvalue weighted by molar-refractivity contribution is 5.66. The van der Waals surface area contributed by atoms with Crippen molar-refractivity contribution in [1.29, 1.82) is 0 Å². The molecular formula is C10H19F2NO. The lowest BCUT2D eigenvalue weighted by molar-refractivity contribution is 0.131. The van der Waals surface area contributed by atoms with Crippen LogP contribution in [0.5, 0.6) is 0 Å². The number of rotatable bonds is 3. The molecule has 0 aromatic carbocycles. The third-order valence-corrected chi connectivity index (χ3v) is 2.02. The molecular weight excluding hydrogens is 188 g/mol. The van der Waals surface area contributed by atoms with Crippen molar-refractivity contribution in [2.45, 2.75) is 52.8 Å². The van der Waals surface area contributed by atoms with Gasteiger partial charge in [0.2, 0.25) is 0 Å². The molecule has 0 saturated heterocycles. The summed E-state index contributed by atoms with van der Waals surface area (Å²) >= 11 is 0. The summed E-state index contributed by atoms with van der Waals surface area (Å²) in [4.78, 5) is 10.3. The van der Waals surface area contributed by atoms with Crippen LogP contribution in [0.3, 0.4) is 0 Å². The molecule has 0 rings (SSSR count). The van der Waals surface area contributed by atoms with Gasteiger partial charge in [-0.3, -0.25) is 0 Å². The van der Waals surface area contributed by atoms with E-state index in [0.29, 0.717) is 0 Å². The molecule has 0 aliphatic heterocycles. The van der Waals surface area contributed by atoms with E-state index in [4.69, 9.17) is 0 Å². The van der Waals surface area contributed by atoms with Crippen molar-refractivity contribution in [3.63, 3.8) is 0 Å². The second-order valence-corrected chi connectivity index (χ2v) is 5.26. The first-order chi connectivity index (χ1) is 6.02. The van der Waals surface area contributed by atoms with Crippen molar-refractivity contribution in [3.05, 3.63) is 0 Å². The van der Waals surface area contributed by atoms with Crippen LogP contribution in [-0.4, -0.2) is 17.9 Å². The molecule has 0 aromatic heterocycles. The molecule has 84 valence electrons. The van der Waals surface area contributed by atoms with E-state index in [9.17, 15) is 13.6 Å². The fraction of sp³-hybridized carbons (Fsp3) is 0.900. The highest BCUT2D eigenvalue weighted by atomic mass is 19.1. The second kappa shape index (κ2) is 4.24. The Balaban J connectivity index is 4.50. The van der Waals surface area contributed by atoms with Gasteiger partial charge in [-0.1, -0.05) is 20.8 Å². The average molecular weight is 207 g/mol. The quantitative estimate of drug-likeness (QED) is 0.558. The molecule has 0 heterocycles. The van der Waals surface area contributed by atoms with Gasteiger partial charge in [-0.05, 0) is 19.3 Å². The summed E-state index contributed by atoms with van der Waals surface area (Å²) in [5.41, 5.74) is -1.77. The monoisotopic (exact) mass is 207 g/mol. The Kier molecular flexibility index (Phi) is 4.03. The molecule has 1 unspecified atom stereocenters. The molecule has 0 aliphatic rings. The van der Waals surface area contributed by atoms with Gasteiger partial charge in [-0.25, -0.2) is 9.18 Å². The number of carbonyl (C=O) groups excluding carboxylic acids is 1. The van der Waals surface area contributed by atoms with E-state index in [1.165, 1.54) is 13.8 Å². The van der Waals surface area contributed by atoms with Crippen LogP contribution in [-0.2, 0) is 0 Å². The van der Waals surface area contributed by atoms with Gasteiger partial charge in [0.15, 0.2) is 0 Å². The summed E-state index contributed by atoms with van der Waals surface area (Å²) in [6, 6.07) is -0.500. The Bertz CT molecular complexity index is 203. The minimum atomic E-state index is -1.60. The van der Waals surface area contributed by atoms with Crippen molar-refractivity contribution >= 4 is 6.16 Å². The SMILES string of the molecule is CC(C)(F)CC(NC(=O)F)C(C)(C)C. The van der Waals surface area contributed by atoms with Crippen LogP contribution in [0.4, 0.5) is 13.6 Å².